The van der Waals surface area contributed by atoms with Crippen molar-refractivity contribution in [3.63, 3.8) is 0 Å². The molecule has 3 rings (SSSR count). The number of carbonyl (C=O) groups excluding carboxylic acids is 1. The van der Waals surface area contributed by atoms with Crippen LogP contribution in [0.2, 0.25) is 0 Å². The Bertz CT molecular complexity index is 591. The first-order chi connectivity index (χ1) is 9.29. The molecule has 1 aliphatic rings. The van der Waals surface area contributed by atoms with Gasteiger partial charge in [-0.25, -0.2) is 10.8 Å². The van der Waals surface area contributed by atoms with Gasteiger partial charge in [-0.15, -0.1) is 0 Å². The molecule has 5 nitrogen and oxygen atoms in total. The minimum atomic E-state index is -0.240. The van der Waals surface area contributed by atoms with Crippen molar-refractivity contribution < 1.29 is 4.79 Å². The van der Waals surface area contributed by atoms with Crippen LogP contribution >= 0.6 is 0 Å². The molecule has 1 aromatic heterocycles. The number of benzene rings is 1. The number of nitrogens with zero attached hydrogens (tertiary/aromatic N) is 2. The minimum absolute atomic E-state index is 0.161. The second-order valence-corrected chi connectivity index (χ2v) is 4.75. The number of aromatic nitrogens is 2. The van der Waals surface area contributed by atoms with Crippen molar-refractivity contribution in [2.45, 2.75) is 25.3 Å². The van der Waals surface area contributed by atoms with Crippen molar-refractivity contribution in [2.24, 2.45) is 5.84 Å². The first-order valence-electron chi connectivity index (χ1n) is 6.42. The molecule has 0 bridgehead atoms. The topological polar surface area (TPSA) is 72.9 Å². The number of fused-ring (bicyclic) bond motifs is 1. The predicted molar refractivity (Wildman–Crippen MR) is 72.0 cm³/mol. The highest BCUT2D eigenvalue weighted by Crippen LogP contribution is 2.29. The van der Waals surface area contributed by atoms with E-state index in [0.29, 0.717) is 0 Å². The van der Waals surface area contributed by atoms with Crippen molar-refractivity contribution >= 4 is 5.91 Å². The Morgan fingerprint density at radius 1 is 1.37 bits per heavy atom. The van der Waals surface area contributed by atoms with Crippen molar-refractivity contribution in [2.75, 3.05) is 0 Å². The zero-order valence-corrected chi connectivity index (χ0v) is 10.5. The number of nitrogens with two attached hydrogens (primary N) is 1. The number of imidazole rings is 1. The molecule has 19 heavy (non-hydrogen) atoms. The Labute approximate surface area is 111 Å². The highest BCUT2D eigenvalue weighted by Gasteiger charge is 2.28. The van der Waals surface area contributed by atoms with Gasteiger partial charge in [-0.2, -0.15) is 0 Å². The third-order valence-electron chi connectivity index (χ3n) is 3.54. The van der Waals surface area contributed by atoms with Crippen LogP contribution in [0.25, 0.3) is 11.3 Å². The van der Waals surface area contributed by atoms with E-state index < -0.39 is 0 Å². The van der Waals surface area contributed by atoms with Crippen LogP contribution in [0.5, 0.6) is 0 Å². The van der Waals surface area contributed by atoms with Crippen LogP contribution in [-0.2, 0) is 11.3 Å². The summed E-state index contributed by atoms with van der Waals surface area (Å²) in [7, 11) is 0. The average molecular weight is 256 g/mol. The van der Waals surface area contributed by atoms with Gasteiger partial charge in [-0.05, 0) is 12.8 Å². The Hall–Kier alpha value is -2.14. The maximum atomic E-state index is 11.8. The molecule has 1 aliphatic heterocycles. The van der Waals surface area contributed by atoms with Crippen LogP contribution in [0, 0.1) is 0 Å². The number of amides is 1. The third kappa shape index (κ3) is 2.13. The van der Waals surface area contributed by atoms with Crippen LogP contribution < -0.4 is 11.3 Å². The number of hydrogen-bond acceptors (Lipinski definition) is 3. The Morgan fingerprint density at radius 2 is 2.16 bits per heavy atom. The van der Waals surface area contributed by atoms with E-state index >= 15 is 0 Å². The summed E-state index contributed by atoms with van der Waals surface area (Å²) < 4.78 is 2.06. The molecule has 98 valence electrons. The predicted octanol–water partition coefficient (Wildman–Crippen LogP) is 1.42. The molecule has 0 saturated carbocycles. The second-order valence-electron chi connectivity index (χ2n) is 4.75. The lowest BCUT2D eigenvalue weighted by molar-refractivity contribution is -0.123. The quantitative estimate of drug-likeness (QED) is 0.485. The van der Waals surface area contributed by atoms with Gasteiger partial charge in [0.05, 0.1) is 11.6 Å². The lowest BCUT2D eigenvalue weighted by Gasteiger charge is -2.21. The van der Waals surface area contributed by atoms with Gasteiger partial charge in [0.1, 0.15) is 5.82 Å². The molecule has 2 heterocycles. The van der Waals surface area contributed by atoms with E-state index in [4.69, 9.17) is 5.84 Å². The molecule has 1 aromatic carbocycles. The number of carbonyl (C=O) groups is 1. The van der Waals surface area contributed by atoms with Crippen molar-refractivity contribution in [3.05, 3.63) is 42.4 Å². The Morgan fingerprint density at radius 3 is 2.89 bits per heavy atom. The molecule has 5 heteroatoms. The molecule has 1 unspecified atom stereocenters. The first-order valence-corrected chi connectivity index (χ1v) is 6.42. The molecule has 0 radical (unpaired) electrons. The zero-order chi connectivity index (χ0) is 13.2. The number of hydrazine groups is 1. The van der Waals surface area contributed by atoms with Gasteiger partial charge in [-0.1, -0.05) is 30.3 Å². The average Bonchev–Trinajstić information content (AvgIpc) is 2.91. The van der Waals surface area contributed by atoms with Gasteiger partial charge in [0.15, 0.2) is 0 Å². The van der Waals surface area contributed by atoms with Gasteiger partial charge in [-0.3, -0.25) is 10.2 Å². The monoisotopic (exact) mass is 256 g/mol. The number of hydrogen-bond donors (Lipinski definition) is 2. The number of nitrogens with one attached hydrogen (secondary N) is 1. The van der Waals surface area contributed by atoms with E-state index in [2.05, 4.69) is 15.0 Å². The van der Waals surface area contributed by atoms with Gasteiger partial charge >= 0.3 is 0 Å². The zero-order valence-electron chi connectivity index (χ0n) is 10.5. The van der Waals surface area contributed by atoms with Gasteiger partial charge < -0.3 is 4.57 Å². The molecule has 2 aromatic rings. The lowest BCUT2D eigenvalue weighted by atomic mass is 9.98. The maximum absolute atomic E-state index is 11.8. The number of rotatable bonds is 2. The maximum Gasteiger partial charge on any atom is 0.244 e. The Balaban J connectivity index is 2.00. The van der Waals surface area contributed by atoms with E-state index in [1.54, 1.807) is 0 Å². The normalized spacial score (nSPS) is 17.8. The molecule has 3 N–H and O–H groups in total. The highest BCUT2D eigenvalue weighted by molar-refractivity contribution is 5.82. The molecular weight excluding hydrogens is 240 g/mol. The van der Waals surface area contributed by atoms with E-state index in [-0.39, 0.29) is 11.8 Å². The third-order valence-corrected chi connectivity index (χ3v) is 3.54. The lowest BCUT2D eigenvalue weighted by Crippen LogP contribution is -2.37. The molecule has 0 saturated heterocycles. The van der Waals surface area contributed by atoms with Gasteiger partial charge in [0.25, 0.3) is 0 Å². The van der Waals surface area contributed by atoms with Gasteiger partial charge in [0.2, 0.25) is 5.91 Å². The van der Waals surface area contributed by atoms with Crippen molar-refractivity contribution in [1.82, 2.24) is 15.0 Å². The van der Waals surface area contributed by atoms with E-state index in [1.807, 2.05) is 36.5 Å². The fourth-order valence-electron chi connectivity index (χ4n) is 2.58. The van der Waals surface area contributed by atoms with Crippen molar-refractivity contribution in [3.8, 4) is 11.3 Å². The summed E-state index contributed by atoms with van der Waals surface area (Å²) in [5, 5.41) is 0. The fraction of sp³-hybridized carbons (Fsp3) is 0.286. The largest absolute Gasteiger partial charge is 0.334 e. The van der Waals surface area contributed by atoms with Crippen LogP contribution in [0.4, 0.5) is 0 Å². The summed E-state index contributed by atoms with van der Waals surface area (Å²) in [5.41, 5.74) is 4.21. The summed E-state index contributed by atoms with van der Waals surface area (Å²) in [4.78, 5) is 16.4. The standard InChI is InChI=1S/C14H16N4O/c15-17-14(19)11-7-4-8-18-9-12(16-13(11)18)10-5-2-1-3-6-10/h1-3,5-6,9,11H,4,7-8,15H2,(H,17,19). The summed E-state index contributed by atoms with van der Waals surface area (Å²) in [6.45, 7) is 0.906. The molecule has 0 aliphatic carbocycles. The molecule has 1 atom stereocenters. The van der Waals surface area contributed by atoms with Crippen molar-refractivity contribution in [1.29, 1.82) is 0 Å². The van der Waals surface area contributed by atoms with Gasteiger partial charge in [0, 0.05) is 18.3 Å². The highest BCUT2D eigenvalue weighted by atomic mass is 16.2. The van der Waals surface area contributed by atoms with Crippen LogP contribution in [0.3, 0.4) is 0 Å². The second kappa shape index (κ2) is 4.85. The summed E-state index contributed by atoms with van der Waals surface area (Å²) in [6, 6.07) is 9.98. The molecular formula is C14H16N4O. The summed E-state index contributed by atoms with van der Waals surface area (Å²) in [6.07, 6.45) is 3.78. The van der Waals surface area contributed by atoms with Crippen LogP contribution in [-0.4, -0.2) is 15.5 Å². The first kappa shape index (κ1) is 11.9. The molecule has 0 spiro atoms. The van der Waals surface area contributed by atoms with Crippen LogP contribution in [0.1, 0.15) is 24.6 Å². The number of aryl methyl sites for hydroxylation is 1. The molecule has 0 fully saturated rings. The minimum Gasteiger partial charge on any atom is -0.334 e. The smallest absolute Gasteiger partial charge is 0.244 e. The SMILES string of the molecule is NNC(=O)C1CCCn2cc(-c3ccccc3)nc21. The fourth-order valence-corrected chi connectivity index (χ4v) is 2.58. The molecule has 1 amide bonds. The summed E-state index contributed by atoms with van der Waals surface area (Å²) in [5.74, 6) is 5.65. The van der Waals surface area contributed by atoms with Crippen LogP contribution in [0.15, 0.2) is 36.5 Å². The van der Waals surface area contributed by atoms with E-state index in [9.17, 15) is 4.79 Å². The van der Waals surface area contributed by atoms with E-state index in [0.717, 1.165) is 36.5 Å². The Kier molecular flexibility index (Phi) is 3.05. The summed E-state index contributed by atoms with van der Waals surface area (Å²) >= 11 is 0. The van der Waals surface area contributed by atoms with E-state index in [1.165, 1.54) is 0 Å².